The van der Waals surface area contributed by atoms with E-state index in [1.54, 1.807) is 0 Å². The standard InChI is InChI=1S/C16H23N3O/c1-16(2)10-13-12(14(20)11-16)4-7-19(13)8-5-15-17-6-9-18(15)3/h4,6-7,9,14,20H,5,8,10-11H2,1-3H3. The van der Waals surface area contributed by atoms with Gasteiger partial charge in [0.15, 0.2) is 0 Å². The van der Waals surface area contributed by atoms with Crippen LogP contribution in [0.15, 0.2) is 24.7 Å². The Hall–Kier alpha value is -1.55. The molecule has 3 rings (SSSR count). The van der Waals surface area contributed by atoms with Crippen molar-refractivity contribution in [1.82, 2.24) is 14.1 Å². The second kappa shape index (κ2) is 4.77. The van der Waals surface area contributed by atoms with Gasteiger partial charge in [0.25, 0.3) is 0 Å². The van der Waals surface area contributed by atoms with Crippen molar-refractivity contribution < 1.29 is 5.11 Å². The van der Waals surface area contributed by atoms with E-state index in [0.717, 1.165) is 37.2 Å². The number of imidazole rings is 1. The van der Waals surface area contributed by atoms with Crippen molar-refractivity contribution in [2.45, 2.75) is 45.8 Å². The van der Waals surface area contributed by atoms with Gasteiger partial charge >= 0.3 is 0 Å². The van der Waals surface area contributed by atoms with E-state index in [-0.39, 0.29) is 11.5 Å². The first-order valence-electron chi connectivity index (χ1n) is 7.28. The molecular weight excluding hydrogens is 250 g/mol. The van der Waals surface area contributed by atoms with Crippen molar-refractivity contribution in [2.24, 2.45) is 12.5 Å². The first-order valence-corrected chi connectivity index (χ1v) is 7.28. The van der Waals surface area contributed by atoms with Gasteiger partial charge in [0.1, 0.15) is 5.82 Å². The Morgan fingerprint density at radius 3 is 2.90 bits per heavy atom. The number of fused-ring (bicyclic) bond motifs is 1. The second-order valence-corrected chi connectivity index (χ2v) is 6.68. The van der Waals surface area contributed by atoms with Crippen LogP contribution < -0.4 is 0 Å². The Morgan fingerprint density at radius 1 is 1.40 bits per heavy atom. The quantitative estimate of drug-likeness (QED) is 0.933. The minimum Gasteiger partial charge on any atom is -0.388 e. The van der Waals surface area contributed by atoms with E-state index < -0.39 is 0 Å². The summed E-state index contributed by atoms with van der Waals surface area (Å²) in [6, 6.07) is 2.08. The van der Waals surface area contributed by atoms with Crippen LogP contribution in [0.2, 0.25) is 0 Å². The fourth-order valence-electron chi connectivity index (χ4n) is 3.26. The van der Waals surface area contributed by atoms with E-state index in [0.29, 0.717) is 0 Å². The van der Waals surface area contributed by atoms with Crippen LogP contribution in [0.1, 0.15) is 43.5 Å². The molecule has 2 aromatic heterocycles. The van der Waals surface area contributed by atoms with E-state index in [1.165, 1.54) is 5.69 Å². The molecule has 4 heteroatoms. The van der Waals surface area contributed by atoms with Crippen LogP contribution in [0.5, 0.6) is 0 Å². The summed E-state index contributed by atoms with van der Waals surface area (Å²) in [5.74, 6) is 1.10. The molecule has 4 nitrogen and oxygen atoms in total. The van der Waals surface area contributed by atoms with Crippen LogP contribution in [0.25, 0.3) is 0 Å². The summed E-state index contributed by atoms with van der Waals surface area (Å²) in [7, 11) is 2.03. The van der Waals surface area contributed by atoms with Crippen LogP contribution in [-0.2, 0) is 26.4 Å². The lowest BCUT2D eigenvalue weighted by Gasteiger charge is -2.34. The Labute approximate surface area is 120 Å². The van der Waals surface area contributed by atoms with Crippen LogP contribution >= 0.6 is 0 Å². The highest BCUT2D eigenvalue weighted by molar-refractivity contribution is 5.29. The van der Waals surface area contributed by atoms with Gasteiger partial charge in [0, 0.05) is 49.9 Å². The molecule has 1 aliphatic rings. The highest BCUT2D eigenvalue weighted by atomic mass is 16.3. The summed E-state index contributed by atoms with van der Waals surface area (Å²) in [4.78, 5) is 4.37. The molecule has 0 saturated heterocycles. The minimum absolute atomic E-state index is 0.172. The Kier molecular flexibility index (Phi) is 3.21. The van der Waals surface area contributed by atoms with Crippen molar-refractivity contribution in [3.05, 3.63) is 41.7 Å². The first kappa shape index (κ1) is 13.4. The number of aliphatic hydroxyl groups is 1. The molecule has 2 heterocycles. The Morgan fingerprint density at radius 2 is 2.20 bits per heavy atom. The Balaban J connectivity index is 1.81. The van der Waals surface area contributed by atoms with Crippen LogP contribution in [0.3, 0.4) is 0 Å². The van der Waals surface area contributed by atoms with Crippen LogP contribution in [-0.4, -0.2) is 19.2 Å². The minimum atomic E-state index is -0.317. The number of aliphatic hydroxyl groups excluding tert-OH is 1. The van der Waals surface area contributed by atoms with E-state index in [2.05, 4.69) is 40.2 Å². The van der Waals surface area contributed by atoms with Gasteiger partial charge in [-0.2, -0.15) is 0 Å². The monoisotopic (exact) mass is 273 g/mol. The summed E-state index contributed by atoms with van der Waals surface area (Å²) in [6.07, 6.45) is 8.42. The largest absolute Gasteiger partial charge is 0.388 e. The molecule has 0 radical (unpaired) electrons. The van der Waals surface area contributed by atoms with Gasteiger partial charge in [0.2, 0.25) is 0 Å². The van der Waals surface area contributed by atoms with Crippen molar-refractivity contribution in [2.75, 3.05) is 0 Å². The lowest BCUT2D eigenvalue weighted by atomic mass is 9.75. The number of rotatable bonds is 3. The zero-order chi connectivity index (χ0) is 14.3. The average molecular weight is 273 g/mol. The maximum Gasteiger partial charge on any atom is 0.110 e. The maximum atomic E-state index is 10.3. The third-order valence-corrected chi connectivity index (χ3v) is 4.36. The van der Waals surface area contributed by atoms with Gasteiger partial charge in [0.05, 0.1) is 6.10 Å². The SMILES string of the molecule is Cn1ccnc1CCn1ccc2c1CC(C)(C)CC2O. The molecular formula is C16H23N3O. The van der Waals surface area contributed by atoms with Crippen LogP contribution in [0, 0.1) is 5.41 Å². The molecule has 2 aromatic rings. The summed E-state index contributed by atoms with van der Waals surface area (Å²) in [5, 5.41) is 10.3. The first-order chi connectivity index (χ1) is 9.46. The molecule has 0 bridgehead atoms. The molecule has 1 N–H and O–H groups in total. The molecule has 1 aliphatic carbocycles. The maximum absolute atomic E-state index is 10.3. The summed E-state index contributed by atoms with van der Waals surface area (Å²) >= 11 is 0. The predicted molar refractivity (Wildman–Crippen MR) is 78.4 cm³/mol. The zero-order valence-electron chi connectivity index (χ0n) is 12.5. The lowest BCUT2D eigenvalue weighted by Crippen LogP contribution is -2.27. The van der Waals surface area contributed by atoms with Crippen molar-refractivity contribution in [3.63, 3.8) is 0 Å². The lowest BCUT2D eigenvalue weighted by molar-refractivity contribution is 0.0979. The van der Waals surface area contributed by atoms with Crippen LogP contribution in [0.4, 0.5) is 0 Å². The molecule has 108 valence electrons. The fourth-order valence-corrected chi connectivity index (χ4v) is 3.26. The normalized spacial score (nSPS) is 20.9. The predicted octanol–water partition coefficient (Wildman–Crippen LogP) is 2.47. The number of aryl methyl sites for hydroxylation is 3. The third-order valence-electron chi connectivity index (χ3n) is 4.36. The van der Waals surface area contributed by atoms with Crippen molar-refractivity contribution >= 4 is 0 Å². The van der Waals surface area contributed by atoms with Gasteiger partial charge in [-0.1, -0.05) is 13.8 Å². The van der Waals surface area contributed by atoms with E-state index in [4.69, 9.17) is 0 Å². The molecule has 1 unspecified atom stereocenters. The van der Waals surface area contributed by atoms with Crippen molar-refractivity contribution in [1.29, 1.82) is 0 Å². The number of hydrogen-bond acceptors (Lipinski definition) is 2. The van der Waals surface area contributed by atoms with Gasteiger partial charge in [-0.15, -0.1) is 0 Å². The zero-order valence-corrected chi connectivity index (χ0v) is 12.5. The third kappa shape index (κ3) is 2.40. The molecule has 1 atom stereocenters. The number of aromatic nitrogens is 3. The number of hydrogen-bond donors (Lipinski definition) is 1. The molecule has 20 heavy (non-hydrogen) atoms. The van der Waals surface area contributed by atoms with Gasteiger partial charge in [-0.25, -0.2) is 4.98 Å². The van der Waals surface area contributed by atoms with Crippen molar-refractivity contribution in [3.8, 4) is 0 Å². The topological polar surface area (TPSA) is 43.0 Å². The molecule has 0 fully saturated rings. The fraction of sp³-hybridized carbons (Fsp3) is 0.562. The smallest absolute Gasteiger partial charge is 0.110 e. The van der Waals surface area contributed by atoms with E-state index in [1.807, 2.05) is 19.4 Å². The average Bonchev–Trinajstić information content (AvgIpc) is 2.92. The summed E-state index contributed by atoms with van der Waals surface area (Å²) in [5.41, 5.74) is 2.58. The molecule has 0 aliphatic heterocycles. The highest BCUT2D eigenvalue weighted by Crippen LogP contribution is 2.41. The summed E-state index contributed by atoms with van der Waals surface area (Å²) < 4.78 is 4.35. The van der Waals surface area contributed by atoms with Gasteiger partial charge in [-0.05, 0) is 24.3 Å². The highest BCUT2D eigenvalue weighted by Gasteiger charge is 2.33. The molecule has 0 aromatic carbocycles. The second-order valence-electron chi connectivity index (χ2n) is 6.68. The van der Waals surface area contributed by atoms with E-state index in [9.17, 15) is 5.11 Å². The molecule has 0 amide bonds. The molecule has 0 saturated carbocycles. The molecule has 0 spiro atoms. The Bertz CT molecular complexity index is 609. The van der Waals surface area contributed by atoms with E-state index >= 15 is 0 Å². The number of nitrogens with zero attached hydrogens (tertiary/aromatic N) is 3. The van der Waals surface area contributed by atoms with Gasteiger partial charge in [-0.3, -0.25) is 0 Å². The summed E-state index contributed by atoms with van der Waals surface area (Å²) in [6.45, 7) is 5.38. The van der Waals surface area contributed by atoms with Gasteiger partial charge < -0.3 is 14.2 Å².